The lowest BCUT2D eigenvalue weighted by Crippen LogP contribution is -2.15. The number of unbranched alkanes of at least 4 members (excludes halogenated alkanes) is 30. The molecule has 2 aromatic rings. The summed E-state index contributed by atoms with van der Waals surface area (Å²) in [5.74, 6) is 1.71. The molecule has 0 aliphatic carbocycles. The lowest BCUT2D eigenvalue weighted by molar-refractivity contribution is -0.0241. The van der Waals surface area contributed by atoms with Crippen molar-refractivity contribution in [2.75, 3.05) is 119 Å². The van der Waals surface area contributed by atoms with Crippen LogP contribution in [-0.4, -0.2) is 134 Å². The lowest BCUT2D eigenvalue weighted by Gasteiger charge is -2.13. The maximum Gasteiger partial charge on any atom is 0.746 e. The average molecular weight is 1140 g/mol. The van der Waals surface area contributed by atoms with Gasteiger partial charge in [0.2, 0.25) is 0 Å². The summed E-state index contributed by atoms with van der Waals surface area (Å²) in [5.41, 5.74) is 1.84. The van der Waals surface area contributed by atoms with Crippen molar-refractivity contribution < 1.29 is 60.7 Å². The van der Waals surface area contributed by atoms with Crippen LogP contribution in [0.2, 0.25) is 0 Å². The molecule has 0 aliphatic heterocycles. The summed E-state index contributed by atoms with van der Waals surface area (Å²) in [6.45, 7) is 13.2. The van der Waals surface area contributed by atoms with Gasteiger partial charge in [-0.2, -0.15) is 0 Å². The quantitative estimate of drug-likeness (QED) is 0.0457. The Morgan fingerprint density at radius 2 is 0.671 bits per heavy atom. The molecule has 17 heteroatoms. The van der Waals surface area contributed by atoms with E-state index in [0.717, 1.165) is 35.6 Å². The smallest absolute Gasteiger partial charge is 0.493 e. The van der Waals surface area contributed by atoms with Crippen LogP contribution in [0.5, 0.6) is 11.5 Å². The third-order valence-electron chi connectivity index (χ3n) is 13.7. The minimum absolute atomic E-state index is 0.0537. The third-order valence-corrected chi connectivity index (χ3v) is 14.1. The van der Waals surface area contributed by atoms with Gasteiger partial charge in [-0.1, -0.05) is 212 Å². The first-order chi connectivity index (χ1) is 39.1. The first-order valence-corrected chi connectivity index (χ1v) is 32.8. The molecular weight excluding hydrogens is 1030 g/mol. The third kappa shape index (κ3) is 51.0. The highest BCUT2D eigenvalue weighted by Crippen LogP contribution is 2.25. The second-order valence-corrected chi connectivity index (χ2v) is 21.6. The molecule has 15 nitrogen and oxygen atoms in total. The topological polar surface area (TPSA) is 149 Å². The SMILES string of the molecule is CCCCCCCCCCCCCCCCCCOc1cc(Cn2cc(COCCOCCOCCOCCOCCOCCOCCOCCO[P+](=O)F)nn2)cc(OCCCCCCCCCCCCCCCCCC)c1. The van der Waals surface area contributed by atoms with E-state index in [2.05, 4.69) is 46.9 Å². The Balaban J connectivity index is 1.57. The summed E-state index contributed by atoms with van der Waals surface area (Å²) >= 11 is 0. The number of rotatable bonds is 65. The molecule has 0 saturated carbocycles. The Hall–Kier alpha value is -2.37. The molecule has 1 aromatic carbocycles. The van der Waals surface area contributed by atoms with Gasteiger partial charge >= 0.3 is 8.34 Å². The average Bonchev–Trinajstić information content (AvgIpc) is 3.90. The second-order valence-electron chi connectivity index (χ2n) is 20.9. The molecule has 1 heterocycles. The van der Waals surface area contributed by atoms with Crippen molar-refractivity contribution in [2.45, 2.75) is 232 Å². The predicted octanol–water partition coefficient (Wildman–Crippen LogP) is 15.9. The number of ether oxygens (including phenoxy) is 10. The van der Waals surface area contributed by atoms with Crippen LogP contribution in [0.3, 0.4) is 0 Å². The van der Waals surface area contributed by atoms with Crippen LogP contribution < -0.4 is 9.47 Å². The normalized spacial score (nSPS) is 11.8. The zero-order valence-corrected chi connectivity index (χ0v) is 51.0. The molecule has 0 aliphatic rings. The van der Waals surface area contributed by atoms with Gasteiger partial charge in [0.15, 0.2) is 0 Å². The fourth-order valence-electron chi connectivity index (χ4n) is 9.12. The standard InChI is InChI=1S/C62H114FN3O12P/c1-3-5-7-9-11-13-15-17-19-21-23-25-27-29-31-33-35-76-61-53-59(54-62(55-61)77-36-34-32-30-28-26-24-22-20-18-16-14-12-10-8-6-4-2)56-66-57-60(64-65-66)58-75-50-49-73-46-45-71-42-41-69-38-37-68-39-40-70-43-44-72-47-48-74-51-52-78-79(63)67/h53-55,57H,3-52,56,58H2,1-2H3/q+1. The van der Waals surface area contributed by atoms with E-state index in [9.17, 15) is 8.76 Å². The van der Waals surface area contributed by atoms with Gasteiger partial charge in [-0.05, 0) is 30.5 Å². The van der Waals surface area contributed by atoms with Gasteiger partial charge in [-0.3, -0.25) is 0 Å². The minimum atomic E-state index is -3.08. The molecule has 2 rings (SSSR count). The van der Waals surface area contributed by atoms with Crippen molar-refractivity contribution in [3.63, 3.8) is 0 Å². The number of benzene rings is 1. The fourth-order valence-corrected chi connectivity index (χ4v) is 9.34. The molecule has 79 heavy (non-hydrogen) atoms. The lowest BCUT2D eigenvalue weighted by atomic mass is 10.0. The number of hydrogen-bond acceptors (Lipinski definition) is 14. The summed E-state index contributed by atoms with van der Waals surface area (Å²) in [6, 6.07) is 6.29. The van der Waals surface area contributed by atoms with Crippen molar-refractivity contribution in [3.8, 4) is 11.5 Å². The van der Waals surface area contributed by atoms with Gasteiger partial charge in [0.05, 0.1) is 136 Å². The van der Waals surface area contributed by atoms with E-state index in [0.29, 0.717) is 119 Å². The molecule has 0 amide bonds. The van der Waals surface area contributed by atoms with E-state index in [-0.39, 0.29) is 13.2 Å². The van der Waals surface area contributed by atoms with Crippen LogP contribution in [0.15, 0.2) is 24.4 Å². The Bertz CT molecular complexity index is 1530. The van der Waals surface area contributed by atoms with Gasteiger partial charge in [0, 0.05) is 10.6 Å². The summed E-state index contributed by atoms with van der Waals surface area (Å²) in [5, 5.41) is 8.76. The van der Waals surface area contributed by atoms with Gasteiger partial charge in [0.25, 0.3) is 0 Å². The molecule has 460 valence electrons. The first-order valence-electron chi connectivity index (χ1n) is 31.8. The highest BCUT2D eigenvalue weighted by atomic mass is 31.2. The Labute approximate surface area is 480 Å². The molecule has 1 unspecified atom stereocenters. The highest BCUT2D eigenvalue weighted by molar-refractivity contribution is 7.32. The fraction of sp³-hybridized carbons (Fsp3) is 0.871. The van der Waals surface area contributed by atoms with Crippen LogP contribution in [0.1, 0.15) is 231 Å². The van der Waals surface area contributed by atoms with Gasteiger partial charge in [0.1, 0.15) is 23.8 Å². The second kappa shape index (κ2) is 58.8. The first kappa shape index (κ1) is 72.7. The van der Waals surface area contributed by atoms with Crippen molar-refractivity contribution in [2.24, 2.45) is 0 Å². The molecule has 1 atom stereocenters. The van der Waals surface area contributed by atoms with E-state index in [1.807, 2.05) is 10.9 Å². The largest absolute Gasteiger partial charge is 0.746 e. The molecule has 0 spiro atoms. The van der Waals surface area contributed by atoms with Gasteiger partial charge in [-0.25, -0.2) is 4.68 Å². The minimum Gasteiger partial charge on any atom is -0.493 e. The summed E-state index contributed by atoms with van der Waals surface area (Å²) in [6.07, 6.45) is 45.3. The van der Waals surface area contributed by atoms with Crippen molar-refractivity contribution in [1.82, 2.24) is 15.0 Å². The molecule has 0 saturated heterocycles. The molecule has 0 N–H and O–H groups in total. The molecular formula is C62H114FN3O12P+. The van der Waals surface area contributed by atoms with Crippen LogP contribution in [-0.2, 0) is 60.1 Å². The van der Waals surface area contributed by atoms with Crippen molar-refractivity contribution in [1.29, 1.82) is 0 Å². The highest BCUT2D eigenvalue weighted by Gasteiger charge is 2.15. The molecule has 0 radical (unpaired) electrons. The number of halogens is 1. The van der Waals surface area contributed by atoms with Crippen LogP contribution in [0.4, 0.5) is 4.20 Å². The van der Waals surface area contributed by atoms with E-state index in [1.54, 1.807) is 0 Å². The number of hydrogen-bond donors (Lipinski definition) is 0. The Morgan fingerprint density at radius 3 is 0.987 bits per heavy atom. The van der Waals surface area contributed by atoms with Crippen LogP contribution >= 0.6 is 8.34 Å². The molecule has 1 aromatic heterocycles. The van der Waals surface area contributed by atoms with Gasteiger partial charge in [-0.15, -0.1) is 9.62 Å². The van der Waals surface area contributed by atoms with E-state index >= 15 is 0 Å². The maximum atomic E-state index is 12.0. The van der Waals surface area contributed by atoms with E-state index in [4.69, 9.17) is 47.4 Å². The van der Waals surface area contributed by atoms with E-state index in [1.165, 1.54) is 193 Å². The number of aromatic nitrogens is 3. The van der Waals surface area contributed by atoms with Crippen molar-refractivity contribution in [3.05, 3.63) is 35.7 Å². The predicted molar refractivity (Wildman–Crippen MR) is 316 cm³/mol. The zero-order chi connectivity index (χ0) is 56.3. The zero-order valence-electron chi connectivity index (χ0n) is 50.1. The summed E-state index contributed by atoms with van der Waals surface area (Å²) in [4.78, 5) is 0. The van der Waals surface area contributed by atoms with E-state index < -0.39 is 8.34 Å². The van der Waals surface area contributed by atoms with Crippen LogP contribution in [0, 0.1) is 0 Å². The van der Waals surface area contributed by atoms with Crippen molar-refractivity contribution >= 4 is 8.34 Å². The van der Waals surface area contributed by atoms with Crippen LogP contribution in [0.25, 0.3) is 0 Å². The summed E-state index contributed by atoms with van der Waals surface area (Å²) in [7, 11) is -3.08. The molecule has 0 fully saturated rings. The number of nitrogens with zero attached hydrogens (tertiary/aromatic N) is 3. The monoisotopic (exact) mass is 1140 g/mol. The Kier molecular flexibility index (Phi) is 54.1. The molecule has 0 bridgehead atoms. The Morgan fingerprint density at radius 1 is 0.380 bits per heavy atom. The van der Waals surface area contributed by atoms with Gasteiger partial charge < -0.3 is 47.4 Å². The maximum absolute atomic E-state index is 12.0. The summed E-state index contributed by atoms with van der Waals surface area (Å²) < 4.78 is 85.2.